The van der Waals surface area contributed by atoms with Crippen LogP contribution < -0.4 is 0 Å². The molecule has 76 valence electrons. The monoisotopic (exact) mass is 191 g/mol. The Hall–Kier alpha value is -0.840. The molecule has 13 heavy (non-hydrogen) atoms. The minimum atomic E-state index is -1.49. The molecule has 1 saturated heterocycles. The highest BCUT2D eigenvalue weighted by Gasteiger charge is 2.43. The molecule has 2 N–H and O–H groups in total. The number of carboxylic acid groups (broad SMARTS) is 1. The summed E-state index contributed by atoms with van der Waals surface area (Å²) >= 11 is 0. The summed E-state index contributed by atoms with van der Waals surface area (Å²) in [7, 11) is 0. The van der Waals surface area contributed by atoms with Crippen molar-refractivity contribution < 1.29 is 19.4 Å². The molecule has 5 heteroatoms. The van der Waals surface area contributed by atoms with Crippen molar-refractivity contribution in [3.05, 3.63) is 0 Å². The molecule has 0 spiro atoms. The van der Waals surface area contributed by atoms with Crippen molar-refractivity contribution in [3.63, 3.8) is 0 Å². The van der Waals surface area contributed by atoms with Gasteiger partial charge in [0.1, 0.15) is 6.17 Å². The summed E-state index contributed by atoms with van der Waals surface area (Å²) in [5.41, 5.74) is -0.712. The first-order valence-electron chi connectivity index (χ1n) is 4.14. The molecule has 1 rings (SSSR count). The van der Waals surface area contributed by atoms with Crippen molar-refractivity contribution in [1.29, 1.82) is 0 Å². The van der Waals surface area contributed by atoms with Crippen molar-refractivity contribution in [1.82, 2.24) is 4.90 Å². The van der Waals surface area contributed by atoms with Crippen LogP contribution in [0.25, 0.3) is 0 Å². The number of amides is 1. The van der Waals surface area contributed by atoms with Crippen LogP contribution in [0.4, 0.5) is 9.18 Å². The number of alkyl halides is 1. The first-order chi connectivity index (χ1) is 5.84. The Morgan fingerprint density at radius 3 is 2.54 bits per heavy atom. The summed E-state index contributed by atoms with van der Waals surface area (Å²) in [4.78, 5) is 11.6. The van der Waals surface area contributed by atoms with Crippen LogP contribution in [0, 0.1) is 5.41 Å². The molecule has 0 radical (unpaired) electrons. The van der Waals surface area contributed by atoms with Crippen LogP contribution in [-0.4, -0.2) is 46.6 Å². The Kier molecular flexibility index (Phi) is 2.47. The molecule has 0 unspecified atom stereocenters. The van der Waals surface area contributed by atoms with Crippen LogP contribution in [0.2, 0.25) is 0 Å². The zero-order chi connectivity index (χ0) is 10.2. The van der Waals surface area contributed by atoms with E-state index in [1.54, 1.807) is 13.8 Å². The fraction of sp³-hybridized carbons (Fsp3) is 0.875. The summed E-state index contributed by atoms with van der Waals surface area (Å²) in [6, 6.07) is 0. The van der Waals surface area contributed by atoms with E-state index in [1.807, 2.05) is 0 Å². The molecule has 0 aromatic heterocycles. The SMILES string of the molecule is CC1(C)CN(C(=O)O)C[C@H](F)[C@@H]1O. The molecular formula is C8H14FNO3. The highest BCUT2D eigenvalue weighted by atomic mass is 19.1. The van der Waals surface area contributed by atoms with Gasteiger partial charge in [0.25, 0.3) is 0 Å². The molecule has 0 saturated carbocycles. The van der Waals surface area contributed by atoms with Gasteiger partial charge in [0, 0.05) is 12.0 Å². The molecule has 0 aromatic carbocycles. The van der Waals surface area contributed by atoms with Crippen molar-refractivity contribution in [3.8, 4) is 0 Å². The van der Waals surface area contributed by atoms with Crippen molar-refractivity contribution >= 4 is 6.09 Å². The van der Waals surface area contributed by atoms with Crippen LogP contribution in [0.5, 0.6) is 0 Å². The van der Waals surface area contributed by atoms with E-state index in [2.05, 4.69) is 0 Å². The quantitative estimate of drug-likeness (QED) is 0.592. The first-order valence-corrected chi connectivity index (χ1v) is 4.14. The molecule has 1 aliphatic heterocycles. The number of halogens is 1. The Balaban J connectivity index is 2.76. The van der Waals surface area contributed by atoms with Gasteiger partial charge in [0.2, 0.25) is 0 Å². The third-order valence-electron chi connectivity index (χ3n) is 2.41. The molecule has 1 aliphatic rings. The van der Waals surface area contributed by atoms with E-state index in [0.29, 0.717) is 0 Å². The lowest BCUT2D eigenvalue weighted by molar-refractivity contribution is -0.0707. The van der Waals surface area contributed by atoms with Gasteiger partial charge in [-0.1, -0.05) is 13.8 Å². The summed E-state index contributed by atoms with van der Waals surface area (Å²) in [6.45, 7) is 3.24. The van der Waals surface area contributed by atoms with E-state index in [4.69, 9.17) is 5.11 Å². The van der Waals surface area contributed by atoms with Gasteiger partial charge >= 0.3 is 6.09 Å². The third kappa shape index (κ3) is 1.91. The van der Waals surface area contributed by atoms with Crippen LogP contribution in [0.15, 0.2) is 0 Å². The Morgan fingerprint density at radius 2 is 2.15 bits per heavy atom. The predicted molar refractivity (Wildman–Crippen MR) is 44.3 cm³/mol. The average molecular weight is 191 g/mol. The van der Waals surface area contributed by atoms with E-state index >= 15 is 0 Å². The van der Waals surface area contributed by atoms with E-state index < -0.39 is 23.8 Å². The molecule has 0 aromatic rings. The van der Waals surface area contributed by atoms with Gasteiger partial charge in [-0.2, -0.15) is 0 Å². The Morgan fingerprint density at radius 1 is 1.62 bits per heavy atom. The normalized spacial score (nSPS) is 33.1. The zero-order valence-electron chi connectivity index (χ0n) is 7.70. The smallest absolute Gasteiger partial charge is 0.407 e. The molecule has 0 aliphatic carbocycles. The maximum absolute atomic E-state index is 13.1. The molecular weight excluding hydrogens is 177 g/mol. The number of hydrogen-bond donors (Lipinski definition) is 2. The molecule has 1 heterocycles. The lowest BCUT2D eigenvalue weighted by Crippen LogP contribution is -2.56. The largest absolute Gasteiger partial charge is 0.465 e. The number of likely N-dealkylation sites (tertiary alicyclic amines) is 1. The van der Waals surface area contributed by atoms with Gasteiger partial charge in [-0.3, -0.25) is 0 Å². The first kappa shape index (κ1) is 10.2. The van der Waals surface area contributed by atoms with Gasteiger partial charge in [0.15, 0.2) is 0 Å². The minimum absolute atomic E-state index is 0.171. The second-order valence-corrected chi connectivity index (χ2v) is 4.11. The molecule has 1 amide bonds. The van der Waals surface area contributed by atoms with Gasteiger partial charge in [0.05, 0.1) is 12.6 Å². The van der Waals surface area contributed by atoms with Crippen molar-refractivity contribution in [2.24, 2.45) is 5.41 Å². The third-order valence-corrected chi connectivity index (χ3v) is 2.41. The van der Waals surface area contributed by atoms with E-state index in [9.17, 15) is 14.3 Å². The zero-order valence-corrected chi connectivity index (χ0v) is 7.70. The van der Waals surface area contributed by atoms with E-state index in [1.165, 1.54) is 0 Å². The summed E-state index contributed by atoms with van der Waals surface area (Å²) < 4.78 is 13.1. The predicted octanol–water partition coefficient (Wildman–Crippen LogP) is 0.705. The number of aliphatic hydroxyl groups is 1. The van der Waals surface area contributed by atoms with E-state index in [0.717, 1.165) is 4.90 Å². The van der Waals surface area contributed by atoms with Crippen LogP contribution >= 0.6 is 0 Å². The summed E-state index contributed by atoms with van der Waals surface area (Å²) in [6.07, 6.45) is -3.70. The number of hydrogen-bond acceptors (Lipinski definition) is 2. The van der Waals surface area contributed by atoms with Gasteiger partial charge in [-0.25, -0.2) is 9.18 Å². The molecule has 0 bridgehead atoms. The van der Waals surface area contributed by atoms with Crippen molar-refractivity contribution in [2.75, 3.05) is 13.1 Å². The van der Waals surface area contributed by atoms with Gasteiger partial charge in [-0.15, -0.1) is 0 Å². The highest BCUT2D eigenvalue weighted by molar-refractivity contribution is 5.65. The van der Waals surface area contributed by atoms with Crippen LogP contribution in [0.3, 0.4) is 0 Å². The number of nitrogens with zero attached hydrogens (tertiary/aromatic N) is 1. The topological polar surface area (TPSA) is 60.8 Å². The molecule has 4 nitrogen and oxygen atoms in total. The second kappa shape index (κ2) is 3.14. The standard InChI is InChI=1S/C8H14FNO3/c1-8(2)4-10(7(12)13)3-5(9)6(8)11/h5-6,11H,3-4H2,1-2H3,(H,12,13)/t5-,6-/m0/s1. The maximum atomic E-state index is 13.1. The van der Waals surface area contributed by atoms with Crippen LogP contribution in [0.1, 0.15) is 13.8 Å². The highest BCUT2D eigenvalue weighted by Crippen LogP contribution is 2.30. The maximum Gasteiger partial charge on any atom is 0.407 e. The van der Waals surface area contributed by atoms with Crippen molar-refractivity contribution in [2.45, 2.75) is 26.1 Å². The minimum Gasteiger partial charge on any atom is -0.465 e. The fourth-order valence-corrected chi connectivity index (χ4v) is 1.60. The van der Waals surface area contributed by atoms with Gasteiger partial charge in [-0.05, 0) is 0 Å². The lowest BCUT2D eigenvalue weighted by Gasteiger charge is -2.42. The van der Waals surface area contributed by atoms with Gasteiger partial charge < -0.3 is 15.1 Å². The number of aliphatic hydroxyl groups excluding tert-OH is 1. The fourth-order valence-electron chi connectivity index (χ4n) is 1.60. The average Bonchev–Trinajstić information content (AvgIpc) is 1.99. The second-order valence-electron chi connectivity index (χ2n) is 4.11. The van der Waals surface area contributed by atoms with Crippen LogP contribution in [-0.2, 0) is 0 Å². The number of rotatable bonds is 0. The lowest BCUT2D eigenvalue weighted by atomic mass is 9.80. The summed E-state index contributed by atoms with van der Waals surface area (Å²) in [5.74, 6) is 0. The Bertz CT molecular complexity index is 219. The molecule has 1 fully saturated rings. The Labute approximate surface area is 76.0 Å². The molecule has 2 atom stereocenters. The number of piperidine rings is 1. The number of carbonyl (C=O) groups is 1. The van der Waals surface area contributed by atoms with E-state index in [-0.39, 0.29) is 13.1 Å². The summed E-state index contributed by atoms with van der Waals surface area (Å²) in [5, 5.41) is 18.1.